The van der Waals surface area contributed by atoms with Crippen molar-refractivity contribution in [2.75, 3.05) is 6.54 Å². The van der Waals surface area contributed by atoms with Crippen molar-refractivity contribution in [2.24, 2.45) is 29.1 Å². The Bertz CT molecular complexity index is 1850. The molecule has 2 saturated carbocycles. The van der Waals surface area contributed by atoms with E-state index in [1.54, 1.807) is 39.8 Å². The lowest BCUT2D eigenvalue weighted by molar-refractivity contribution is -0.160. The van der Waals surface area contributed by atoms with Gasteiger partial charge in [-0.2, -0.15) is 0 Å². The normalized spacial score (nSPS) is 31.3. The van der Waals surface area contributed by atoms with Crippen molar-refractivity contribution >= 4 is 39.7 Å². The average molecular weight is 786 g/mol. The van der Waals surface area contributed by atoms with E-state index in [4.69, 9.17) is 9.47 Å². The largest absolute Gasteiger partial charge is 0.460 e. The van der Waals surface area contributed by atoms with Crippen molar-refractivity contribution in [2.45, 2.75) is 141 Å². The molecule has 7 atom stereocenters. The number of carbonyl (C=O) groups is 5. The Labute approximate surface area is 324 Å². The molecule has 3 aliphatic heterocycles. The molecule has 0 radical (unpaired) electrons. The van der Waals surface area contributed by atoms with Crippen LogP contribution in [-0.4, -0.2) is 76.9 Å². The Kier molecular flexibility index (Phi) is 11.3. The van der Waals surface area contributed by atoms with E-state index in [-0.39, 0.29) is 63.1 Å². The third-order valence-electron chi connectivity index (χ3n) is 12.4. The molecule has 0 spiro atoms. The maximum atomic E-state index is 14.9. The summed E-state index contributed by atoms with van der Waals surface area (Å²) < 4.78 is 53.8. The highest BCUT2D eigenvalue weighted by molar-refractivity contribution is 7.91. The zero-order valence-corrected chi connectivity index (χ0v) is 33.7. The Morgan fingerprint density at radius 1 is 1.09 bits per heavy atom. The smallest absolute Gasteiger partial charge is 0.410 e. The van der Waals surface area contributed by atoms with Crippen molar-refractivity contribution in [1.82, 2.24) is 14.5 Å². The van der Waals surface area contributed by atoms with E-state index < -0.39 is 79.3 Å². The second kappa shape index (κ2) is 15.3. The number of Topliss-reactive ketones (excluding diaryl/α,β-unsaturated/α-hetero) is 1. The number of nitrogens with one attached hydrogen (secondary N) is 1. The molecule has 1 N–H and O–H groups in total. The maximum Gasteiger partial charge on any atom is 0.410 e. The van der Waals surface area contributed by atoms with Crippen molar-refractivity contribution in [3.8, 4) is 0 Å². The van der Waals surface area contributed by atoms with Crippen LogP contribution in [0.4, 0.5) is 9.18 Å². The lowest BCUT2D eigenvalue weighted by atomic mass is 9.79. The SMILES string of the molecule is CC[C@@H]1C[C@H](C)CC/C=C\[C@@H]2C[C@@]2(C(=O)NS(=O)(=O)C2(C)CC2)CC(=O)[C@@H]2C[C@@H](OC(=O)N3Cc4cccc(F)c4C3)CN2C(=O)[C@H]1CC(=O)OC(C)(C)C. The third kappa shape index (κ3) is 8.78. The molecule has 1 saturated heterocycles. The van der Waals surface area contributed by atoms with Crippen LogP contribution in [-0.2, 0) is 51.8 Å². The molecule has 302 valence electrons. The van der Waals surface area contributed by atoms with Gasteiger partial charge >= 0.3 is 12.1 Å². The van der Waals surface area contributed by atoms with E-state index in [9.17, 15) is 36.8 Å². The van der Waals surface area contributed by atoms with Crippen LogP contribution in [0.25, 0.3) is 0 Å². The number of ether oxygens (including phenoxy) is 2. The number of halogens is 1. The minimum Gasteiger partial charge on any atom is -0.460 e. The summed E-state index contributed by atoms with van der Waals surface area (Å²) in [5.41, 5.74) is -1.04. The Hall–Kier alpha value is -3.81. The van der Waals surface area contributed by atoms with Gasteiger partial charge in [-0.3, -0.25) is 28.8 Å². The Morgan fingerprint density at radius 3 is 2.47 bits per heavy atom. The molecule has 55 heavy (non-hydrogen) atoms. The van der Waals surface area contributed by atoms with Gasteiger partial charge in [0.2, 0.25) is 21.8 Å². The van der Waals surface area contributed by atoms with Gasteiger partial charge in [0.1, 0.15) is 17.5 Å². The second-order valence-electron chi connectivity index (χ2n) is 17.9. The van der Waals surface area contributed by atoms with E-state index in [2.05, 4.69) is 11.6 Å². The van der Waals surface area contributed by atoms with Crippen LogP contribution < -0.4 is 4.72 Å². The van der Waals surface area contributed by atoms with Gasteiger partial charge in [-0.1, -0.05) is 44.6 Å². The number of amides is 3. The molecular weight excluding hydrogens is 730 g/mol. The number of fused-ring (bicyclic) bond motifs is 3. The molecule has 1 aromatic carbocycles. The molecule has 0 unspecified atom stereocenters. The minimum atomic E-state index is -3.99. The van der Waals surface area contributed by atoms with Crippen LogP contribution in [0.15, 0.2) is 30.4 Å². The Balaban J connectivity index is 1.31. The first-order valence-electron chi connectivity index (χ1n) is 19.8. The molecule has 2 aliphatic carbocycles. The van der Waals surface area contributed by atoms with Crippen LogP contribution >= 0.6 is 0 Å². The lowest BCUT2D eigenvalue weighted by Gasteiger charge is -2.33. The van der Waals surface area contributed by atoms with Crippen LogP contribution in [0.1, 0.15) is 117 Å². The number of rotatable bonds is 7. The molecular formula is C41H56FN3O9S. The summed E-state index contributed by atoms with van der Waals surface area (Å²) in [5, 5.41) is 0. The molecule has 6 rings (SSSR count). The number of esters is 1. The highest BCUT2D eigenvalue weighted by Crippen LogP contribution is 2.57. The molecule has 5 aliphatic rings. The number of ketones is 1. The highest BCUT2D eigenvalue weighted by Gasteiger charge is 2.63. The number of hydrogen-bond acceptors (Lipinski definition) is 9. The van der Waals surface area contributed by atoms with Gasteiger partial charge in [-0.15, -0.1) is 0 Å². The maximum absolute atomic E-state index is 14.9. The van der Waals surface area contributed by atoms with Gasteiger partial charge in [0.15, 0.2) is 5.78 Å². The molecule has 3 fully saturated rings. The fraction of sp³-hybridized carbons (Fsp3) is 0.683. The van der Waals surface area contributed by atoms with E-state index >= 15 is 0 Å². The lowest BCUT2D eigenvalue weighted by Crippen LogP contribution is -2.48. The highest BCUT2D eigenvalue weighted by atomic mass is 32.2. The van der Waals surface area contributed by atoms with Gasteiger partial charge in [-0.05, 0) is 95.6 Å². The summed E-state index contributed by atoms with van der Waals surface area (Å²) in [5.74, 6) is -3.82. The average Bonchev–Trinajstić information content (AvgIpc) is 3.89. The van der Waals surface area contributed by atoms with E-state index in [0.29, 0.717) is 43.2 Å². The van der Waals surface area contributed by atoms with Crippen LogP contribution in [0.3, 0.4) is 0 Å². The van der Waals surface area contributed by atoms with Crippen molar-refractivity contribution in [3.63, 3.8) is 0 Å². The third-order valence-corrected chi connectivity index (χ3v) is 14.6. The predicted molar refractivity (Wildman–Crippen MR) is 201 cm³/mol. The number of benzene rings is 1. The number of hydrogen-bond donors (Lipinski definition) is 1. The van der Waals surface area contributed by atoms with Crippen molar-refractivity contribution < 1.29 is 46.3 Å². The minimum absolute atomic E-state index is 0.0153. The van der Waals surface area contributed by atoms with Gasteiger partial charge < -0.3 is 14.4 Å². The molecule has 14 heteroatoms. The van der Waals surface area contributed by atoms with Gasteiger partial charge in [0, 0.05) is 24.9 Å². The number of nitrogens with zero attached hydrogens (tertiary/aromatic N) is 2. The quantitative estimate of drug-likeness (QED) is 0.260. The fourth-order valence-electron chi connectivity index (χ4n) is 8.63. The summed E-state index contributed by atoms with van der Waals surface area (Å²) in [6.07, 6.45) is 5.56. The molecule has 0 bridgehead atoms. The van der Waals surface area contributed by atoms with E-state index in [1.165, 1.54) is 15.9 Å². The van der Waals surface area contributed by atoms with Gasteiger partial charge in [-0.25, -0.2) is 17.6 Å². The van der Waals surface area contributed by atoms with Gasteiger partial charge in [0.25, 0.3) is 0 Å². The second-order valence-corrected chi connectivity index (χ2v) is 20.1. The van der Waals surface area contributed by atoms with Gasteiger partial charge in [0.05, 0.1) is 41.6 Å². The predicted octanol–water partition coefficient (Wildman–Crippen LogP) is 5.96. The standard InChI is InChI=1S/C41H56FN3O9S/c1-7-26-17-25(2)11-8-9-13-28-20-41(28,37(49)43-55(51,52)40(6)15-16-40)21-34(46)33-18-29(23-45(33)36(48)30(26)19-35(47)54-39(3,4)5)53-38(50)44-22-27-12-10-14-32(42)31(27)24-44/h9-10,12-14,25-26,28-30,33H,7-8,11,15-24H2,1-6H3,(H,43,49)/b13-9-/t25-,26-,28-,29-,30+,33+,41-/m1/s1. The fourth-order valence-corrected chi connectivity index (χ4v) is 9.97. The van der Waals surface area contributed by atoms with Crippen molar-refractivity contribution in [3.05, 3.63) is 47.3 Å². The first-order chi connectivity index (χ1) is 25.8. The number of allylic oxidation sites excluding steroid dienone is 2. The number of carbonyl (C=O) groups excluding carboxylic acids is 5. The zero-order valence-electron chi connectivity index (χ0n) is 32.9. The molecule has 1 aromatic rings. The van der Waals surface area contributed by atoms with Crippen LogP contribution in [0.2, 0.25) is 0 Å². The first kappa shape index (κ1) is 40.8. The summed E-state index contributed by atoms with van der Waals surface area (Å²) in [4.78, 5) is 73.0. The van der Waals surface area contributed by atoms with Crippen molar-refractivity contribution in [1.29, 1.82) is 0 Å². The summed E-state index contributed by atoms with van der Waals surface area (Å²) in [6, 6.07) is 3.55. The zero-order chi connectivity index (χ0) is 40.1. The topological polar surface area (TPSA) is 156 Å². The first-order valence-corrected chi connectivity index (χ1v) is 21.2. The van der Waals surface area contributed by atoms with E-state index in [1.807, 2.05) is 19.1 Å². The summed E-state index contributed by atoms with van der Waals surface area (Å²) in [7, 11) is -3.99. The van der Waals surface area contributed by atoms with E-state index in [0.717, 1.165) is 6.42 Å². The summed E-state index contributed by atoms with van der Waals surface area (Å²) >= 11 is 0. The molecule has 12 nitrogen and oxygen atoms in total. The van der Waals surface area contributed by atoms with Crippen LogP contribution in [0.5, 0.6) is 0 Å². The monoisotopic (exact) mass is 785 g/mol. The molecule has 3 heterocycles. The van der Waals surface area contributed by atoms with Crippen LogP contribution in [0, 0.1) is 34.9 Å². The molecule has 0 aromatic heterocycles. The Morgan fingerprint density at radius 2 is 1.82 bits per heavy atom. The number of sulfonamides is 1. The molecule has 3 amide bonds. The summed E-state index contributed by atoms with van der Waals surface area (Å²) in [6.45, 7) is 11.0.